The van der Waals surface area contributed by atoms with Gasteiger partial charge < -0.3 is 10.1 Å². The first-order valence-electron chi connectivity index (χ1n) is 5.17. The number of hydrogen-bond acceptors (Lipinski definition) is 2. The fraction of sp³-hybridized carbons (Fsp3) is 0.600. The molecule has 15 heavy (non-hydrogen) atoms. The maximum atomic E-state index is 11.3. The molecule has 82 valence electrons. The molecule has 1 aliphatic carbocycles. The van der Waals surface area contributed by atoms with Gasteiger partial charge in [0.15, 0.2) is 0 Å². The Morgan fingerprint density at radius 1 is 1.40 bits per heavy atom. The zero-order valence-electron chi connectivity index (χ0n) is 8.35. The molecular formula is C10H14N2O3. The van der Waals surface area contributed by atoms with Gasteiger partial charge in [0.1, 0.15) is 0 Å². The second-order valence-electron chi connectivity index (χ2n) is 4.02. The van der Waals surface area contributed by atoms with Crippen molar-refractivity contribution in [1.82, 2.24) is 9.55 Å². The summed E-state index contributed by atoms with van der Waals surface area (Å²) < 4.78 is 1.66. The van der Waals surface area contributed by atoms with Crippen molar-refractivity contribution in [1.29, 1.82) is 0 Å². The molecule has 0 bridgehead atoms. The topological polar surface area (TPSA) is 75.1 Å². The Labute approximate surface area is 86.7 Å². The highest BCUT2D eigenvalue weighted by atomic mass is 16.4. The quantitative estimate of drug-likeness (QED) is 0.764. The molecule has 0 spiro atoms. The Kier molecular flexibility index (Phi) is 2.62. The van der Waals surface area contributed by atoms with Crippen LogP contribution in [0.1, 0.15) is 31.7 Å². The van der Waals surface area contributed by atoms with Crippen molar-refractivity contribution in [2.45, 2.75) is 31.7 Å². The van der Waals surface area contributed by atoms with Crippen molar-refractivity contribution in [2.24, 2.45) is 5.92 Å². The molecule has 0 aliphatic heterocycles. The number of carboxylic acids is 1. The van der Waals surface area contributed by atoms with Gasteiger partial charge in [-0.2, -0.15) is 0 Å². The lowest BCUT2D eigenvalue weighted by Crippen LogP contribution is -2.28. The van der Waals surface area contributed by atoms with E-state index in [0.29, 0.717) is 12.8 Å². The Balaban J connectivity index is 2.03. The van der Waals surface area contributed by atoms with Crippen LogP contribution in [0, 0.1) is 5.92 Å². The van der Waals surface area contributed by atoms with Crippen LogP contribution in [-0.4, -0.2) is 20.6 Å². The van der Waals surface area contributed by atoms with E-state index in [1.54, 1.807) is 17.0 Å². The van der Waals surface area contributed by atoms with Crippen molar-refractivity contribution in [3.05, 3.63) is 22.9 Å². The average Bonchev–Trinajstić information content (AvgIpc) is 2.65. The first-order valence-corrected chi connectivity index (χ1v) is 5.17. The molecule has 5 nitrogen and oxygen atoms in total. The maximum Gasteiger partial charge on any atom is 0.325 e. The van der Waals surface area contributed by atoms with E-state index in [9.17, 15) is 9.59 Å². The van der Waals surface area contributed by atoms with Crippen LogP contribution in [0.4, 0.5) is 0 Å². The van der Waals surface area contributed by atoms with E-state index in [1.165, 1.54) is 0 Å². The second kappa shape index (κ2) is 3.92. The molecular weight excluding hydrogens is 196 g/mol. The third-order valence-electron chi connectivity index (χ3n) is 3.12. The summed E-state index contributed by atoms with van der Waals surface area (Å²) in [7, 11) is 0. The fourth-order valence-electron chi connectivity index (χ4n) is 2.22. The van der Waals surface area contributed by atoms with E-state index in [0.717, 1.165) is 12.8 Å². The standard InChI is InChI=1S/C10H14N2O3/c13-9(14)7-1-3-8(4-2-7)12-6-5-11-10(12)15/h5-8H,1-4H2,(H,11,15)(H,13,14). The number of carbonyl (C=O) groups is 1. The highest BCUT2D eigenvalue weighted by molar-refractivity contribution is 5.70. The molecule has 0 saturated heterocycles. The Bertz CT molecular complexity index is 399. The van der Waals surface area contributed by atoms with Crippen molar-refractivity contribution in [2.75, 3.05) is 0 Å². The minimum Gasteiger partial charge on any atom is -0.481 e. The molecule has 0 atom stereocenters. The van der Waals surface area contributed by atoms with Gasteiger partial charge in [-0.05, 0) is 25.7 Å². The number of hydrogen-bond donors (Lipinski definition) is 2. The molecule has 1 saturated carbocycles. The second-order valence-corrected chi connectivity index (χ2v) is 4.02. The minimum absolute atomic E-state index is 0.103. The SMILES string of the molecule is O=C(O)C1CCC(n2cc[nH]c2=O)CC1. The lowest BCUT2D eigenvalue weighted by Gasteiger charge is -2.26. The third-order valence-corrected chi connectivity index (χ3v) is 3.12. The van der Waals surface area contributed by atoms with Gasteiger partial charge in [0.05, 0.1) is 5.92 Å². The number of aromatic amines is 1. The van der Waals surface area contributed by atoms with Crippen LogP contribution in [-0.2, 0) is 4.79 Å². The fourth-order valence-corrected chi connectivity index (χ4v) is 2.22. The van der Waals surface area contributed by atoms with Crippen molar-refractivity contribution < 1.29 is 9.90 Å². The normalized spacial score (nSPS) is 26.4. The monoisotopic (exact) mass is 210 g/mol. The summed E-state index contributed by atoms with van der Waals surface area (Å²) in [6, 6.07) is 0.166. The molecule has 0 amide bonds. The highest BCUT2D eigenvalue weighted by Gasteiger charge is 2.27. The number of rotatable bonds is 2. The first kappa shape index (κ1) is 10.0. The summed E-state index contributed by atoms with van der Waals surface area (Å²) in [5, 5.41) is 8.83. The zero-order chi connectivity index (χ0) is 10.8. The van der Waals surface area contributed by atoms with E-state index in [2.05, 4.69) is 4.98 Å². The molecule has 1 fully saturated rings. The van der Waals surface area contributed by atoms with Gasteiger partial charge in [-0.25, -0.2) is 4.79 Å². The Morgan fingerprint density at radius 3 is 2.53 bits per heavy atom. The molecule has 1 aromatic heterocycles. The number of nitrogens with zero attached hydrogens (tertiary/aromatic N) is 1. The van der Waals surface area contributed by atoms with Crippen LogP contribution in [0.25, 0.3) is 0 Å². The van der Waals surface area contributed by atoms with Gasteiger partial charge in [0, 0.05) is 18.4 Å². The smallest absolute Gasteiger partial charge is 0.325 e. The van der Waals surface area contributed by atoms with Crippen LogP contribution in [0.15, 0.2) is 17.2 Å². The maximum absolute atomic E-state index is 11.3. The summed E-state index contributed by atoms with van der Waals surface area (Å²) in [5.41, 5.74) is -0.103. The third kappa shape index (κ3) is 1.95. The van der Waals surface area contributed by atoms with Crippen LogP contribution in [0.5, 0.6) is 0 Å². The molecule has 5 heteroatoms. The minimum atomic E-state index is -0.713. The van der Waals surface area contributed by atoms with E-state index in [4.69, 9.17) is 5.11 Å². The van der Waals surface area contributed by atoms with E-state index in [-0.39, 0.29) is 17.6 Å². The summed E-state index contributed by atoms with van der Waals surface area (Å²) in [4.78, 5) is 24.7. The van der Waals surface area contributed by atoms with E-state index in [1.807, 2.05) is 0 Å². The van der Waals surface area contributed by atoms with Crippen molar-refractivity contribution in [3.63, 3.8) is 0 Å². The molecule has 1 heterocycles. The summed E-state index contributed by atoms with van der Waals surface area (Å²) >= 11 is 0. The van der Waals surface area contributed by atoms with E-state index < -0.39 is 5.97 Å². The van der Waals surface area contributed by atoms with Gasteiger partial charge in [0.25, 0.3) is 0 Å². The first-order chi connectivity index (χ1) is 7.18. The van der Waals surface area contributed by atoms with Gasteiger partial charge in [-0.15, -0.1) is 0 Å². The predicted octanol–water partition coefficient (Wildman–Crippen LogP) is 0.992. The lowest BCUT2D eigenvalue weighted by molar-refractivity contribution is -0.143. The molecule has 2 rings (SSSR count). The number of imidazole rings is 1. The average molecular weight is 210 g/mol. The largest absolute Gasteiger partial charge is 0.481 e. The van der Waals surface area contributed by atoms with Crippen LogP contribution < -0.4 is 5.69 Å². The molecule has 0 radical (unpaired) electrons. The highest BCUT2D eigenvalue weighted by Crippen LogP contribution is 2.31. The molecule has 2 N–H and O–H groups in total. The number of carboxylic acid groups (broad SMARTS) is 1. The van der Waals surface area contributed by atoms with Crippen LogP contribution in [0.3, 0.4) is 0 Å². The summed E-state index contributed by atoms with van der Waals surface area (Å²) in [5.74, 6) is -0.939. The van der Waals surface area contributed by atoms with E-state index >= 15 is 0 Å². The predicted molar refractivity (Wildman–Crippen MR) is 53.7 cm³/mol. The van der Waals surface area contributed by atoms with Gasteiger partial charge in [0.2, 0.25) is 0 Å². The van der Waals surface area contributed by atoms with Gasteiger partial charge in [-0.1, -0.05) is 0 Å². The van der Waals surface area contributed by atoms with Crippen molar-refractivity contribution in [3.8, 4) is 0 Å². The molecule has 0 unspecified atom stereocenters. The lowest BCUT2D eigenvalue weighted by atomic mass is 9.86. The summed E-state index contributed by atoms with van der Waals surface area (Å²) in [6.07, 6.45) is 6.22. The zero-order valence-corrected chi connectivity index (χ0v) is 8.35. The number of aliphatic carboxylic acids is 1. The van der Waals surface area contributed by atoms with Crippen LogP contribution >= 0.6 is 0 Å². The number of nitrogens with one attached hydrogen (secondary N) is 1. The summed E-state index contributed by atoms with van der Waals surface area (Å²) in [6.45, 7) is 0. The molecule has 0 aromatic carbocycles. The number of H-pyrrole nitrogens is 1. The molecule has 1 aromatic rings. The number of aromatic nitrogens is 2. The molecule has 1 aliphatic rings. The van der Waals surface area contributed by atoms with Crippen molar-refractivity contribution >= 4 is 5.97 Å². The van der Waals surface area contributed by atoms with Gasteiger partial charge >= 0.3 is 11.7 Å². The van der Waals surface area contributed by atoms with Crippen LogP contribution in [0.2, 0.25) is 0 Å². The Morgan fingerprint density at radius 2 is 2.07 bits per heavy atom. The Hall–Kier alpha value is -1.52. The van der Waals surface area contributed by atoms with Gasteiger partial charge in [-0.3, -0.25) is 9.36 Å².